The highest BCUT2D eigenvalue weighted by molar-refractivity contribution is 5.86. The van der Waals surface area contributed by atoms with Crippen LogP contribution in [0.1, 0.15) is 18.4 Å². The average Bonchev–Trinajstić information content (AvgIpc) is 3.14. The molecule has 2 aliphatic heterocycles. The van der Waals surface area contributed by atoms with E-state index in [9.17, 15) is 14.7 Å². The number of hydrogen-bond donors (Lipinski definition) is 2. The Kier molecular flexibility index (Phi) is 4.02. The summed E-state index contributed by atoms with van der Waals surface area (Å²) in [5.74, 6) is -1.75. The molecule has 2 bridgehead atoms. The van der Waals surface area contributed by atoms with Gasteiger partial charge in [0.1, 0.15) is 5.75 Å². The van der Waals surface area contributed by atoms with E-state index in [4.69, 9.17) is 9.47 Å². The molecule has 6 nitrogen and oxygen atoms in total. The third-order valence-electron chi connectivity index (χ3n) is 4.49. The van der Waals surface area contributed by atoms with Crippen LogP contribution in [0, 0.1) is 11.8 Å². The Balaban J connectivity index is 1.62. The summed E-state index contributed by atoms with van der Waals surface area (Å²) in [4.78, 5) is 23.7. The first-order chi connectivity index (χ1) is 10.6. The van der Waals surface area contributed by atoms with Crippen LogP contribution in [0.3, 0.4) is 0 Å². The number of hydrogen-bond acceptors (Lipinski definition) is 4. The number of carboxylic acid groups (broad SMARTS) is 1. The zero-order valence-corrected chi connectivity index (χ0v) is 12.3. The molecular formula is C16H19NO5. The molecule has 1 aromatic carbocycles. The van der Waals surface area contributed by atoms with Gasteiger partial charge in [0.05, 0.1) is 31.2 Å². The lowest BCUT2D eigenvalue weighted by Crippen LogP contribution is -2.43. The number of nitrogens with one attached hydrogen (secondary N) is 1. The summed E-state index contributed by atoms with van der Waals surface area (Å²) < 4.78 is 10.7. The standard InChI is InChI=1S/C16H19NO5/c1-21-10-4-2-9(3-5-10)8-17-15(18)13-11-6-7-12(22-11)14(13)16(19)20/h2-5,11-14H,6-8H2,1H3,(H,17,18)(H,19,20)/t11-,12+,13-,14-/m0/s1. The molecule has 6 heteroatoms. The molecule has 22 heavy (non-hydrogen) atoms. The Morgan fingerprint density at radius 2 is 1.86 bits per heavy atom. The molecule has 3 rings (SSSR count). The lowest BCUT2D eigenvalue weighted by atomic mass is 9.78. The van der Waals surface area contributed by atoms with Gasteiger partial charge < -0.3 is 19.9 Å². The predicted octanol–water partition coefficient (Wildman–Crippen LogP) is 1.19. The second kappa shape index (κ2) is 5.96. The molecule has 2 saturated heterocycles. The van der Waals surface area contributed by atoms with Crippen LogP contribution in [-0.2, 0) is 20.9 Å². The monoisotopic (exact) mass is 305 g/mol. The van der Waals surface area contributed by atoms with E-state index >= 15 is 0 Å². The van der Waals surface area contributed by atoms with Gasteiger partial charge >= 0.3 is 5.97 Å². The van der Waals surface area contributed by atoms with Crippen molar-refractivity contribution in [3.8, 4) is 5.75 Å². The first-order valence-corrected chi connectivity index (χ1v) is 7.39. The third-order valence-corrected chi connectivity index (χ3v) is 4.49. The van der Waals surface area contributed by atoms with Crippen molar-refractivity contribution in [1.29, 1.82) is 0 Å². The van der Waals surface area contributed by atoms with E-state index in [1.54, 1.807) is 7.11 Å². The number of carbonyl (C=O) groups is 2. The van der Waals surface area contributed by atoms with E-state index in [-0.39, 0.29) is 18.1 Å². The molecule has 118 valence electrons. The van der Waals surface area contributed by atoms with E-state index in [1.807, 2.05) is 24.3 Å². The first kappa shape index (κ1) is 14.8. The molecule has 0 spiro atoms. The quantitative estimate of drug-likeness (QED) is 0.853. The second-order valence-electron chi connectivity index (χ2n) is 5.75. The molecule has 2 N–H and O–H groups in total. The van der Waals surface area contributed by atoms with Crippen LogP contribution < -0.4 is 10.1 Å². The average molecular weight is 305 g/mol. The molecule has 0 unspecified atom stereocenters. The Bertz CT molecular complexity index is 570. The van der Waals surface area contributed by atoms with Crippen molar-refractivity contribution in [2.45, 2.75) is 31.6 Å². The fraction of sp³-hybridized carbons (Fsp3) is 0.500. The smallest absolute Gasteiger partial charge is 0.310 e. The second-order valence-corrected chi connectivity index (χ2v) is 5.75. The minimum Gasteiger partial charge on any atom is -0.497 e. The van der Waals surface area contributed by atoms with Gasteiger partial charge in [-0.25, -0.2) is 0 Å². The molecule has 2 heterocycles. The van der Waals surface area contributed by atoms with Gasteiger partial charge in [0, 0.05) is 6.54 Å². The van der Waals surface area contributed by atoms with Crippen molar-refractivity contribution in [2.75, 3.05) is 7.11 Å². The Morgan fingerprint density at radius 3 is 2.45 bits per heavy atom. The number of aliphatic carboxylic acids is 1. The minimum absolute atomic E-state index is 0.240. The zero-order chi connectivity index (χ0) is 15.7. The minimum atomic E-state index is -0.947. The highest BCUT2D eigenvalue weighted by Crippen LogP contribution is 2.43. The molecular weight excluding hydrogens is 286 g/mol. The molecule has 0 radical (unpaired) electrons. The summed E-state index contributed by atoms with van der Waals surface area (Å²) in [6.07, 6.45) is 0.903. The molecule has 2 fully saturated rings. The summed E-state index contributed by atoms with van der Waals surface area (Å²) >= 11 is 0. The van der Waals surface area contributed by atoms with Crippen molar-refractivity contribution in [2.24, 2.45) is 11.8 Å². The lowest BCUT2D eigenvalue weighted by Gasteiger charge is -2.23. The van der Waals surface area contributed by atoms with Crippen LogP contribution in [0.4, 0.5) is 0 Å². The summed E-state index contributed by atoms with van der Waals surface area (Å²) in [6, 6.07) is 7.38. The van der Waals surface area contributed by atoms with Crippen LogP contribution in [0.15, 0.2) is 24.3 Å². The Morgan fingerprint density at radius 1 is 1.23 bits per heavy atom. The van der Waals surface area contributed by atoms with Gasteiger partial charge in [-0.3, -0.25) is 9.59 Å². The van der Waals surface area contributed by atoms with Gasteiger partial charge in [-0.05, 0) is 30.5 Å². The molecule has 0 saturated carbocycles. The van der Waals surface area contributed by atoms with Gasteiger partial charge in [0.25, 0.3) is 0 Å². The number of methoxy groups -OCH3 is 1. The van der Waals surface area contributed by atoms with Gasteiger partial charge in [-0.1, -0.05) is 12.1 Å². The summed E-state index contributed by atoms with van der Waals surface area (Å²) in [5, 5.41) is 12.1. The number of amides is 1. The molecule has 2 aliphatic rings. The van der Waals surface area contributed by atoms with Crippen LogP contribution in [0.25, 0.3) is 0 Å². The number of fused-ring (bicyclic) bond motifs is 2. The number of benzene rings is 1. The molecule has 0 aromatic heterocycles. The van der Waals surface area contributed by atoms with Gasteiger partial charge in [-0.2, -0.15) is 0 Å². The summed E-state index contributed by atoms with van der Waals surface area (Å²) in [7, 11) is 1.60. The molecule has 0 aliphatic carbocycles. The number of carboxylic acids is 1. The van der Waals surface area contributed by atoms with Crippen LogP contribution >= 0.6 is 0 Å². The number of ether oxygens (including phenoxy) is 2. The molecule has 4 atom stereocenters. The number of rotatable bonds is 5. The van der Waals surface area contributed by atoms with Crippen LogP contribution in [0.5, 0.6) is 5.75 Å². The van der Waals surface area contributed by atoms with E-state index in [0.29, 0.717) is 6.54 Å². The maximum Gasteiger partial charge on any atom is 0.310 e. The van der Waals surface area contributed by atoms with Crippen molar-refractivity contribution >= 4 is 11.9 Å². The van der Waals surface area contributed by atoms with Gasteiger partial charge in [0.15, 0.2) is 0 Å². The van der Waals surface area contributed by atoms with Crippen LogP contribution in [-0.4, -0.2) is 36.3 Å². The maximum atomic E-state index is 12.4. The number of carbonyl (C=O) groups excluding carboxylic acids is 1. The van der Waals surface area contributed by atoms with Crippen molar-refractivity contribution in [1.82, 2.24) is 5.32 Å². The third kappa shape index (κ3) is 2.66. The zero-order valence-electron chi connectivity index (χ0n) is 12.3. The largest absolute Gasteiger partial charge is 0.497 e. The van der Waals surface area contributed by atoms with Gasteiger partial charge in [0.2, 0.25) is 5.91 Å². The SMILES string of the molecule is COc1ccc(CNC(=O)[C@@H]2[C@@H](C(=O)O)[C@H]3CC[C@@H]2O3)cc1. The van der Waals surface area contributed by atoms with E-state index < -0.39 is 17.8 Å². The van der Waals surface area contributed by atoms with E-state index in [1.165, 1.54) is 0 Å². The van der Waals surface area contributed by atoms with Crippen molar-refractivity contribution in [3.05, 3.63) is 29.8 Å². The van der Waals surface area contributed by atoms with Gasteiger partial charge in [-0.15, -0.1) is 0 Å². The Hall–Kier alpha value is -2.08. The first-order valence-electron chi connectivity index (χ1n) is 7.39. The highest BCUT2D eigenvalue weighted by Gasteiger charge is 2.55. The van der Waals surface area contributed by atoms with Crippen molar-refractivity contribution < 1.29 is 24.2 Å². The predicted molar refractivity (Wildman–Crippen MR) is 77.4 cm³/mol. The topological polar surface area (TPSA) is 84.9 Å². The van der Waals surface area contributed by atoms with Crippen molar-refractivity contribution in [3.63, 3.8) is 0 Å². The van der Waals surface area contributed by atoms with E-state index in [0.717, 1.165) is 24.2 Å². The van der Waals surface area contributed by atoms with E-state index in [2.05, 4.69) is 5.32 Å². The lowest BCUT2D eigenvalue weighted by molar-refractivity contribution is -0.147. The Labute approximate surface area is 128 Å². The fourth-order valence-corrected chi connectivity index (χ4v) is 3.38. The summed E-state index contributed by atoms with van der Waals surface area (Å²) in [5.41, 5.74) is 0.935. The maximum absolute atomic E-state index is 12.4. The highest BCUT2D eigenvalue weighted by atomic mass is 16.5. The normalized spacial score (nSPS) is 29.3. The molecule has 1 amide bonds. The fourth-order valence-electron chi connectivity index (χ4n) is 3.38. The summed E-state index contributed by atoms with van der Waals surface area (Å²) in [6.45, 7) is 0.364. The van der Waals surface area contributed by atoms with Crippen LogP contribution in [0.2, 0.25) is 0 Å². The molecule has 1 aromatic rings.